The van der Waals surface area contributed by atoms with E-state index in [1.54, 1.807) is 0 Å². The molecule has 1 heterocycles. The summed E-state index contributed by atoms with van der Waals surface area (Å²) in [7, 11) is -0.833. The molecular weight excluding hydrogens is 345 g/mol. The summed E-state index contributed by atoms with van der Waals surface area (Å²) in [6.07, 6.45) is 0. The third kappa shape index (κ3) is 42.8. The van der Waals surface area contributed by atoms with Gasteiger partial charge in [0, 0.05) is 1.43 Å². The van der Waals surface area contributed by atoms with Gasteiger partial charge in [-0.2, -0.15) is 18.6 Å². The molecule has 1 aromatic rings. The van der Waals surface area contributed by atoms with E-state index < -0.39 is 7.35 Å². The van der Waals surface area contributed by atoms with Crippen LogP contribution in [-0.4, -0.2) is 21.1 Å². The summed E-state index contributed by atoms with van der Waals surface area (Å²) in [6.45, 7) is 0. The van der Waals surface area contributed by atoms with E-state index in [1.807, 2.05) is 0 Å². The predicted octanol–water partition coefficient (Wildman–Crippen LogP) is -6.21. The van der Waals surface area contributed by atoms with Crippen molar-refractivity contribution in [3.05, 3.63) is 11.3 Å². The molecule has 0 atom stereocenters. The molecule has 13 heteroatoms. The van der Waals surface area contributed by atoms with Crippen LogP contribution in [0.25, 0.3) is 0 Å². The molecule has 0 bridgehead atoms. The fourth-order valence-electron chi connectivity index (χ4n) is 0.216. The SMILES string of the molecule is C.C.N=N.O.S.S=c1[nH]nc([S-])s1.[2H][C-]([2H])[3H].[HH].[Na+].[Na+].[Na+].[OH-]. The van der Waals surface area contributed by atoms with Crippen molar-refractivity contribution in [3.63, 3.8) is 0 Å². The normalized spacial score (nSPS) is 5.94. The fraction of sp³-hybridized carbons (Fsp3) is 0.400. The Balaban J connectivity index is -0.00000000835. The summed E-state index contributed by atoms with van der Waals surface area (Å²) < 4.78 is 18.7. The number of aromatic amines is 1. The van der Waals surface area contributed by atoms with E-state index >= 15 is 0 Å². The summed E-state index contributed by atoms with van der Waals surface area (Å²) in [4.78, 5) is 0. The molecule has 0 fully saturated rings. The summed E-state index contributed by atoms with van der Waals surface area (Å²) in [5, 5.41) is 6.17. The second-order valence-corrected chi connectivity index (χ2v) is 3.19. The zero-order chi connectivity index (χ0) is 10.9. The van der Waals surface area contributed by atoms with E-state index in [2.05, 4.69) is 35.0 Å². The molecule has 6 N–H and O–H groups in total. The largest absolute Gasteiger partial charge is 1.00 e. The smallest absolute Gasteiger partial charge is 0.870 e. The molecular formula is C5H21N4Na3O2S4. The molecule has 0 aliphatic carbocycles. The van der Waals surface area contributed by atoms with Crippen LogP contribution < -0.4 is 88.7 Å². The molecule has 0 spiro atoms. The van der Waals surface area contributed by atoms with Gasteiger partial charge in [-0.3, -0.25) is 5.10 Å². The van der Waals surface area contributed by atoms with E-state index in [4.69, 9.17) is 15.2 Å². The molecule has 0 aromatic carbocycles. The molecule has 0 radical (unpaired) electrons. The molecule has 0 saturated heterocycles. The monoisotopic (exact) mass is 370 g/mol. The summed E-state index contributed by atoms with van der Waals surface area (Å²) in [5.41, 5.74) is 10.0. The molecule has 1 rings (SSSR count). The van der Waals surface area contributed by atoms with Crippen molar-refractivity contribution < 1.29 is 105 Å². The molecule has 1 aromatic heterocycles. The van der Waals surface area contributed by atoms with Gasteiger partial charge in [0.15, 0.2) is 0 Å². The number of hydrogen-bond acceptors (Lipinski definition) is 7. The topological polar surface area (TPSA) is 138 Å². The Bertz CT molecular complexity index is 288. The average molecular weight is 371 g/mol. The van der Waals surface area contributed by atoms with Crippen LogP contribution in [0.1, 0.15) is 20.4 Å². The van der Waals surface area contributed by atoms with Crippen LogP contribution in [0.3, 0.4) is 0 Å². The van der Waals surface area contributed by atoms with Crippen molar-refractivity contribution in [2.24, 2.45) is 0 Å². The molecule has 0 aliphatic rings. The van der Waals surface area contributed by atoms with Crippen molar-refractivity contribution in [1.82, 2.24) is 10.2 Å². The maximum Gasteiger partial charge on any atom is 1.00 e. The van der Waals surface area contributed by atoms with Crippen LogP contribution in [0, 0.1) is 22.4 Å². The number of hydrogen-bond donors (Lipinski definition) is 3. The Morgan fingerprint density at radius 3 is 1.83 bits per heavy atom. The Morgan fingerprint density at radius 1 is 1.50 bits per heavy atom. The third-order valence-electron chi connectivity index (χ3n) is 0.418. The van der Waals surface area contributed by atoms with Gasteiger partial charge in [-0.05, 0) is 4.34 Å². The number of rotatable bonds is 0. The first-order valence-electron chi connectivity index (χ1n) is 3.26. The van der Waals surface area contributed by atoms with E-state index in [0.29, 0.717) is 8.29 Å². The van der Waals surface area contributed by atoms with E-state index in [9.17, 15) is 0 Å². The van der Waals surface area contributed by atoms with Gasteiger partial charge in [-0.25, -0.2) is 15.2 Å². The van der Waals surface area contributed by atoms with Gasteiger partial charge < -0.3 is 42.3 Å². The van der Waals surface area contributed by atoms with Crippen molar-refractivity contribution in [2.75, 3.05) is 0 Å². The molecule has 0 saturated carbocycles. The maximum atomic E-state index is 5.83. The van der Waals surface area contributed by atoms with Crippen molar-refractivity contribution in [1.29, 1.82) is 11.1 Å². The fourth-order valence-corrected chi connectivity index (χ4v) is 1.29. The van der Waals surface area contributed by atoms with Gasteiger partial charge in [0.1, 0.15) is 0 Å². The molecule has 6 nitrogen and oxygen atoms in total. The quantitative estimate of drug-likeness (QED) is 0.137. The molecule has 18 heavy (non-hydrogen) atoms. The molecule has 0 unspecified atom stereocenters. The zero-order valence-electron chi connectivity index (χ0n) is 12.1. The van der Waals surface area contributed by atoms with Crippen LogP contribution in [-0.2, 0) is 12.6 Å². The van der Waals surface area contributed by atoms with Crippen molar-refractivity contribution in [3.8, 4) is 0 Å². The van der Waals surface area contributed by atoms with E-state index in [1.165, 1.54) is 11.3 Å². The van der Waals surface area contributed by atoms with Crippen LogP contribution in [0.2, 0.25) is 0 Å². The number of H-pyrrole nitrogens is 1. The number of nitrogens with one attached hydrogen (secondary N) is 3. The number of nitrogens with zero attached hydrogens (tertiary/aromatic N) is 1. The van der Waals surface area contributed by atoms with Crippen molar-refractivity contribution in [2.45, 2.75) is 19.2 Å². The first-order valence-corrected chi connectivity index (χ1v) is 3.40. The Hall–Kier alpha value is 2.87. The standard InChI is InChI=1S/C2H2N2S3.2CH4.CH3.H2N2.3Na.2H2O.H2S.H2/c5-1-3-4-2(6)7-1;;;;1-2;;;;;;;/h(H,3,5)(H,4,6);2*1H4;1H3;1-2H;;;;3*1H2;1H/q;;;-1;;3*+1;;;;/p-2/i;;;1TD2;;;;;;;;. The van der Waals surface area contributed by atoms with Gasteiger partial charge in [0.05, 0.1) is 3.95 Å². The summed E-state index contributed by atoms with van der Waals surface area (Å²) in [6, 6.07) is 0. The second kappa shape index (κ2) is 50.2. The van der Waals surface area contributed by atoms with Gasteiger partial charge in [0.2, 0.25) is 0 Å². The third-order valence-corrected chi connectivity index (χ3v) is 1.64. The van der Waals surface area contributed by atoms with Crippen molar-refractivity contribution >= 4 is 49.7 Å². The minimum Gasteiger partial charge on any atom is -0.870 e. The van der Waals surface area contributed by atoms with Gasteiger partial charge in [0.25, 0.3) is 0 Å². The number of aromatic nitrogens is 2. The summed E-state index contributed by atoms with van der Waals surface area (Å²) >= 11 is 10.6. The van der Waals surface area contributed by atoms with Gasteiger partial charge >= 0.3 is 88.7 Å². The first kappa shape index (κ1) is 42.8. The minimum atomic E-state index is -0.833. The van der Waals surface area contributed by atoms with E-state index in [0.717, 1.165) is 0 Å². The minimum absolute atomic E-state index is 0. The molecule has 100 valence electrons. The van der Waals surface area contributed by atoms with E-state index in [-0.39, 0.29) is 129 Å². The Kier molecular flexibility index (Phi) is 119. The first-order chi connectivity index (χ1) is 6.02. The Labute approximate surface area is 203 Å². The average Bonchev–Trinajstić information content (AvgIpc) is 2.38. The molecule has 0 aliphatic heterocycles. The maximum absolute atomic E-state index is 5.83. The summed E-state index contributed by atoms with van der Waals surface area (Å²) in [5.74, 6) is 0. The Morgan fingerprint density at radius 2 is 1.78 bits per heavy atom. The van der Waals surface area contributed by atoms with Crippen LogP contribution in [0.15, 0.2) is 4.34 Å². The van der Waals surface area contributed by atoms with Crippen LogP contribution >= 0.6 is 37.1 Å². The zero-order valence-corrected chi connectivity index (χ0v) is 18.6. The van der Waals surface area contributed by atoms with Gasteiger partial charge in [-0.15, -0.1) is 0 Å². The second-order valence-electron chi connectivity index (χ2n) is 0.879. The van der Waals surface area contributed by atoms with Crippen LogP contribution in [0.4, 0.5) is 0 Å². The predicted molar refractivity (Wildman–Crippen MR) is 76.3 cm³/mol. The van der Waals surface area contributed by atoms with Crippen LogP contribution in [0.5, 0.6) is 0 Å². The molecule has 0 amide bonds. The van der Waals surface area contributed by atoms with Gasteiger partial charge in [-0.1, -0.05) is 27.1 Å².